The number of rotatable bonds is 0. The van der Waals surface area contributed by atoms with Gasteiger partial charge in [-0.05, 0) is 0 Å². The maximum atomic E-state index is 3.34. The van der Waals surface area contributed by atoms with E-state index in [1.807, 2.05) is 0 Å². The topological polar surface area (TPSA) is 24.1 Å². The molecule has 0 aromatic carbocycles. The van der Waals surface area contributed by atoms with Gasteiger partial charge in [-0.3, -0.25) is 0 Å². The van der Waals surface area contributed by atoms with Crippen LogP contribution in [0.15, 0.2) is 0 Å². The molecule has 2 rings (SSSR count). The molecule has 2 atom stereocenters. The van der Waals surface area contributed by atoms with Gasteiger partial charge in [0.2, 0.25) is 0 Å². The minimum atomic E-state index is 0.833. The largest absolute Gasteiger partial charge is 0.315 e. The molecule has 2 saturated heterocycles. The van der Waals surface area contributed by atoms with Crippen molar-refractivity contribution in [3.05, 3.63) is 0 Å². The van der Waals surface area contributed by atoms with Crippen LogP contribution in [-0.2, 0) is 0 Å². The van der Waals surface area contributed by atoms with Gasteiger partial charge in [-0.2, -0.15) is 0 Å². The fourth-order valence-corrected chi connectivity index (χ4v) is 1.33. The molecule has 0 amide bonds. The number of hydrogen-bond donors (Lipinski definition) is 2. The number of fused-ring (bicyclic) bond motifs is 1. The lowest BCUT2D eigenvalue weighted by Crippen LogP contribution is -2.51. The van der Waals surface area contributed by atoms with Gasteiger partial charge in [-0.15, -0.1) is 0 Å². The highest BCUT2D eigenvalue weighted by atomic mass is 15.1. The second-order valence-corrected chi connectivity index (χ2v) is 2.43. The Hall–Kier alpha value is -0.0800. The van der Waals surface area contributed by atoms with Gasteiger partial charge >= 0.3 is 0 Å². The summed E-state index contributed by atoms with van der Waals surface area (Å²) in [5.74, 6) is 0.972. The lowest BCUT2D eigenvalue weighted by atomic mass is 9.96. The number of nitrogens with one attached hydrogen (secondary N) is 2. The van der Waals surface area contributed by atoms with E-state index in [0.29, 0.717) is 0 Å². The summed E-state index contributed by atoms with van der Waals surface area (Å²) in [7, 11) is 0. The van der Waals surface area contributed by atoms with Crippen LogP contribution in [0.2, 0.25) is 0 Å². The van der Waals surface area contributed by atoms with Crippen molar-refractivity contribution in [2.24, 2.45) is 5.92 Å². The van der Waals surface area contributed by atoms with E-state index in [1.165, 1.54) is 19.6 Å². The highest BCUT2D eigenvalue weighted by Crippen LogP contribution is 2.15. The summed E-state index contributed by atoms with van der Waals surface area (Å²) in [6.07, 6.45) is 0. The van der Waals surface area contributed by atoms with Crippen LogP contribution in [0.4, 0.5) is 0 Å². The molecular weight excluding hydrogens is 88.1 g/mol. The second kappa shape index (κ2) is 1.20. The zero-order valence-corrected chi connectivity index (χ0v) is 4.28. The summed E-state index contributed by atoms with van der Waals surface area (Å²) >= 11 is 0. The molecule has 0 saturated carbocycles. The van der Waals surface area contributed by atoms with E-state index in [9.17, 15) is 0 Å². The predicted octanol–water partition coefficient (Wildman–Crippen LogP) is -0.822. The third-order valence-corrected chi connectivity index (χ3v) is 1.98. The highest BCUT2D eigenvalue weighted by Gasteiger charge is 2.33. The first-order chi connectivity index (χ1) is 3.47. The molecule has 0 aliphatic carbocycles. The molecule has 0 spiro atoms. The molecule has 2 heterocycles. The molecule has 2 fully saturated rings. The van der Waals surface area contributed by atoms with Crippen LogP contribution in [0.5, 0.6) is 0 Å². The quantitative estimate of drug-likeness (QED) is 0.413. The van der Waals surface area contributed by atoms with E-state index in [2.05, 4.69) is 10.6 Å². The lowest BCUT2D eigenvalue weighted by Gasteiger charge is -2.30. The van der Waals surface area contributed by atoms with Gasteiger partial charge in [-0.1, -0.05) is 0 Å². The van der Waals surface area contributed by atoms with Crippen molar-refractivity contribution in [2.45, 2.75) is 6.04 Å². The van der Waals surface area contributed by atoms with Crippen LogP contribution in [0.3, 0.4) is 0 Å². The first kappa shape index (κ1) is 3.87. The fraction of sp³-hybridized carbons (Fsp3) is 1.00. The summed E-state index contributed by atoms with van der Waals surface area (Å²) < 4.78 is 0. The Morgan fingerprint density at radius 3 is 2.43 bits per heavy atom. The molecular formula is C5H10N2. The average molecular weight is 98.1 g/mol. The van der Waals surface area contributed by atoms with Crippen LogP contribution in [0, 0.1) is 5.92 Å². The van der Waals surface area contributed by atoms with E-state index in [0.717, 1.165) is 12.0 Å². The Morgan fingerprint density at radius 1 is 1.14 bits per heavy atom. The van der Waals surface area contributed by atoms with Gasteiger partial charge in [0.1, 0.15) is 0 Å². The smallest absolute Gasteiger partial charge is 0.0245 e. The van der Waals surface area contributed by atoms with Crippen molar-refractivity contribution in [2.75, 3.05) is 19.6 Å². The maximum absolute atomic E-state index is 3.34. The first-order valence-corrected chi connectivity index (χ1v) is 2.91. The molecule has 2 aliphatic rings. The van der Waals surface area contributed by atoms with Crippen molar-refractivity contribution in [1.82, 2.24) is 10.6 Å². The Balaban J connectivity index is 2.03. The van der Waals surface area contributed by atoms with Gasteiger partial charge in [-0.25, -0.2) is 0 Å². The summed E-state index contributed by atoms with van der Waals surface area (Å²) in [6.45, 7) is 3.69. The molecule has 2 aliphatic heterocycles. The van der Waals surface area contributed by atoms with E-state index >= 15 is 0 Å². The molecule has 0 radical (unpaired) electrons. The van der Waals surface area contributed by atoms with Gasteiger partial charge in [0.15, 0.2) is 0 Å². The van der Waals surface area contributed by atoms with Crippen molar-refractivity contribution in [1.29, 1.82) is 0 Å². The van der Waals surface area contributed by atoms with Gasteiger partial charge < -0.3 is 10.6 Å². The Labute approximate surface area is 43.3 Å². The molecule has 7 heavy (non-hydrogen) atoms. The van der Waals surface area contributed by atoms with Crippen LogP contribution in [-0.4, -0.2) is 25.7 Å². The molecule has 0 bridgehead atoms. The monoisotopic (exact) mass is 98.1 g/mol. The molecule has 0 aromatic rings. The van der Waals surface area contributed by atoms with Crippen LogP contribution in [0.25, 0.3) is 0 Å². The minimum Gasteiger partial charge on any atom is -0.315 e. The summed E-state index contributed by atoms with van der Waals surface area (Å²) in [6, 6.07) is 0.833. The van der Waals surface area contributed by atoms with Crippen LogP contribution >= 0.6 is 0 Å². The third kappa shape index (κ3) is 0.409. The molecule has 0 aromatic heterocycles. The lowest BCUT2D eigenvalue weighted by molar-refractivity contribution is 0.297. The van der Waals surface area contributed by atoms with Crippen LogP contribution < -0.4 is 10.6 Å². The molecule has 2 nitrogen and oxygen atoms in total. The van der Waals surface area contributed by atoms with Gasteiger partial charge in [0.05, 0.1) is 0 Å². The zero-order valence-electron chi connectivity index (χ0n) is 4.28. The van der Waals surface area contributed by atoms with Crippen LogP contribution in [0.1, 0.15) is 0 Å². The normalized spacial score (nSPS) is 48.0. The van der Waals surface area contributed by atoms with Crippen molar-refractivity contribution >= 4 is 0 Å². The standard InChI is InChI=1S/C5H10N2/c1-4-2-7-5(4)3-6-1/h4-7H,1-3H2/t4?,5-/m0/s1. The minimum absolute atomic E-state index is 0.833. The molecule has 2 heteroatoms. The summed E-state index contributed by atoms with van der Waals surface area (Å²) in [5.41, 5.74) is 0. The Bertz CT molecular complexity index is 72.1. The summed E-state index contributed by atoms with van der Waals surface area (Å²) in [5, 5.41) is 6.67. The Morgan fingerprint density at radius 2 is 2.14 bits per heavy atom. The van der Waals surface area contributed by atoms with Crippen molar-refractivity contribution in [3.63, 3.8) is 0 Å². The average Bonchev–Trinajstić information content (AvgIpc) is 1.85. The second-order valence-electron chi connectivity index (χ2n) is 2.43. The van der Waals surface area contributed by atoms with E-state index in [-0.39, 0.29) is 0 Å². The fourth-order valence-electron chi connectivity index (χ4n) is 1.33. The zero-order chi connectivity index (χ0) is 4.69. The number of hydrogen-bond acceptors (Lipinski definition) is 2. The summed E-state index contributed by atoms with van der Waals surface area (Å²) in [4.78, 5) is 0. The van der Waals surface area contributed by atoms with Gasteiger partial charge in [0.25, 0.3) is 0 Å². The molecule has 1 unspecified atom stereocenters. The maximum Gasteiger partial charge on any atom is 0.0245 e. The van der Waals surface area contributed by atoms with E-state index < -0.39 is 0 Å². The SMILES string of the molecule is C1NC[C@@H]2NCC12. The van der Waals surface area contributed by atoms with E-state index in [1.54, 1.807) is 0 Å². The third-order valence-electron chi connectivity index (χ3n) is 1.98. The molecule has 40 valence electrons. The highest BCUT2D eigenvalue weighted by molar-refractivity contribution is 4.95. The predicted molar refractivity (Wildman–Crippen MR) is 28.2 cm³/mol. The van der Waals surface area contributed by atoms with Crippen molar-refractivity contribution < 1.29 is 0 Å². The molecule has 2 N–H and O–H groups in total. The van der Waals surface area contributed by atoms with Crippen molar-refractivity contribution in [3.8, 4) is 0 Å². The van der Waals surface area contributed by atoms with E-state index in [4.69, 9.17) is 0 Å². The first-order valence-electron chi connectivity index (χ1n) is 2.91. The van der Waals surface area contributed by atoms with Gasteiger partial charge in [0, 0.05) is 31.6 Å². The Kier molecular flexibility index (Phi) is 0.664.